The van der Waals surface area contributed by atoms with E-state index >= 15 is 0 Å². The quantitative estimate of drug-likeness (QED) is 0.870. The van der Waals surface area contributed by atoms with Crippen LogP contribution in [0.4, 0.5) is 0 Å². The molecule has 1 amide bonds. The van der Waals surface area contributed by atoms with Crippen LogP contribution in [0.25, 0.3) is 0 Å². The number of hydrogen-bond donors (Lipinski definition) is 0. The number of hydrogen-bond acceptors (Lipinski definition) is 5. The maximum absolute atomic E-state index is 12.6. The van der Waals surface area contributed by atoms with Crippen LogP contribution < -0.4 is 0 Å². The molecule has 0 unspecified atom stereocenters. The third-order valence-electron chi connectivity index (χ3n) is 3.79. The van der Waals surface area contributed by atoms with Gasteiger partial charge in [0.05, 0.1) is 17.3 Å². The smallest absolute Gasteiger partial charge is 0.255 e. The van der Waals surface area contributed by atoms with Gasteiger partial charge in [-0.3, -0.25) is 4.79 Å². The van der Waals surface area contributed by atoms with E-state index in [9.17, 15) is 4.79 Å². The van der Waals surface area contributed by atoms with E-state index in [1.54, 1.807) is 17.5 Å². The van der Waals surface area contributed by atoms with Crippen LogP contribution in [0.5, 0.6) is 0 Å². The minimum atomic E-state index is -0.00508. The highest BCUT2D eigenvalue weighted by Crippen LogP contribution is 2.31. The molecule has 2 aromatic rings. The lowest BCUT2D eigenvalue weighted by atomic mass is 10.2. The van der Waals surface area contributed by atoms with Gasteiger partial charge in [0.15, 0.2) is 5.82 Å². The summed E-state index contributed by atoms with van der Waals surface area (Å²) < 4.78 is 0. The van der Waals surface area contributed by atoms with Crippen molar-refractivity contribution in [2.45, 2.75) is 25.4 Å². The summed E-state index contributed by atoms with van der Waals surface area (Å²) in [6.07, 6.45) is 3.73. The monoisotopic (exact) mass is 316 g/mol. The van der Waals surface area contributed by atoms with Crippen molar-refractivity contribution in [2.24, 2.45) is 0 Å². The number of amides is 1. The van der Waals surface area contributed by atoms with E-state index in [-0.39, 0.29) is 11.9 Å². The molecule has 0 aliphatic carbocycles. The van der Waals surface area contributed by atoms with E-state index in [0.29, 0.717) is 0 Å². The van der Waals surface area contributed by atoms with Crippen LogP contribution in [0.1, 0.15) is 40.8 Å². The van der Waals surface area contributed by atoms with Crippen LogP contribution in [-0.4, -0.2) is 46.3 Å². The summed E-state index contributed by atoms with van der Waals surface area (Å²) in [5.74, 6) is 0.853. The van der Waals surface area contributed by atoms with Crippen molar-refractivity contribution >= 4 is 17.2 Å². The molecular weight excluding hydrogens is 296 g/mol. The van der Waals surface area contributed by atoms with Gasteiger partial charge in [0.2, 0.25) is 0 Å². The maximum Gasteiger partial charge on any atom is 0.255 e. The highest BCUT2D eigenvalue weighted by Gasteiger charge is 2.32. The summed E-state index contributed by atoms with van der Waals surface area (Å²) in [4.78, 5) is 25.7. The molecule has 1 fully saturated rings. The van der Waals surface area contributed by atoms with Gasteiger partial charge in [-0.25, -0.2) is 9.97 Å². The molecule has 3 rings (SSSR count). The Labute approximate surface area is 134 Å². The Balaban J connectivity index is 1.82. The zero-order chi connectivity index (χ0) is 15.5. The maximum atomic E-state index is 12.6. The zero-order valence-corrected chi connectivity index (χ0v) is 13.7. The molecule has 0 spiro atoms. The third kappa shape index (κ3) is 3.18. The van der Waals surface area contributed by atoms with Gasteiger partial charge in [0, 0.05) is 24.7 Å². The second kappa shape index (κ2) is 6.54. The minimum absolute atomic E-state index is 0.00508. The molecule has 2 aromatic heterocycles. The molecule has 6 heteroatoms. The molecule has 1 saturated heterocycles. The van der Waals surface area contributed by atoms with E-state index in [2.05, 4.69) is 14.9 Å². The lowest BCUT2D eigenvalue weighted by Crippen LogP contribution is -2.31. The fraction of sp³-hybridized carbons (Fsp3) is 0.438. The molecule has 0 aromatic carbocycles. The molecular formula is C16H20N4OS. The first-order valence-corrected chi connectivity index (χ1v) is 8.39. The highest BCUT2D eigenvalue weighted by atomic mass is 32.1. The first kappa shape index (κ1) is 15.1. The lowest BCUT2D eigenvalue weighted by molar-refractivity contribution is 0.0730. The fourth-order valence-corrected chi connectivity index (χ4v) is 3.45. The molecule has 5 nitrogen and oxygen atoms in total. The Hall–Kier alpha value is -1.79. The Bertz CT molecular complexity index is 641. The first-order valence-electron chi connectivity index (χ1n) is 7.45. The Kier molecular flexibility index (Phi) is 4.49. The van der Waals surface area contributed by atoms with Gasteiger partial charge in [0.25, 0.3) is 5.91 Å². The van der Waals surface area contributed by atoms with Crippen molar-refractivity contribution in [1.29, 1.82) is 0 Å². The van der Waals surface area contributed by atoms with Gasteiger partial charge in [-0.05, 0) is 44.4 Å². The summed E-state index contributed by atoms with van der Waals surface area (Å²) in [6.45, 7) is 1.56. The first-order chi connectivity index (χ1) is 10.6. The molecule has 0 bridgehead atoms. The van der Waals surface area contributed by atoms with E-state index in [4.69, 9.17) is 0 Å². The largest absolute Gasteiger partial charge is 0.328 e. The number of likely N-dealkylation sites (tertiary alicyclic amines) is 1. The standard InChI is InChI=1S/C16H20N4OS/c1-19(2)10-13-5-7-17-15(18-13)14-4-3-8-20(14)16(21)12-6-9-22-11-12/h5-7,9,11,14H,3-4,8,10H2,1-2H3/t14-/m0/s1. The highest BCUT2D eigenvalue weighted by molar-refractivity contribution is 7.08. The number of nitrogens with zero attached hydrogens (tertiary/aromatic N) is 4. The number of rotatable bonds is 4. The van der Waals surface area contributed by atoms with E-state index in [0.717, 1.165) is 43.0 Å². The van der Waals surface area contributed by atoms with Gasteiger partial charge < -0.3 is 9.80 Å². The second-order valence-electron chi connectivity index (χ2n) is 5.81. The van der Waals surface area contributed by atoms with Crippen molar-refractivity contribution < 1.29 is 4.79 Å². The summed E-state index contributed by atoms with van der Waals surface area (Å²) in [5, 5.41) is 3.84. The van der Waals surface area contributed by atoms with Crippen LogP contribution in [0, 0.1) is 0 Å². The van der Waals surface area contributed by atoms with Crippen LogP contribution in [0.3, 0.4) is 0 Å². The number of carbonyl (C=O) groups excluding carboxylic acids is 1. The zero-order valence-electron chi connectivity index (χ0n) is 12.9. The van der Waals surface area contributed by atoms with E-state index < -0.39 is 0 Å². The van der Waals surface area contributed by atoms with Crippen LogP contribution >= 0.6 is 11.3 Å². The molecule has 0 N–H and O–H groups in total. The van der Waals surface area contributed by atoms with Crippen molar-refractivity contribution in [3.63, 3.8) is 0 Å². The number of aromatic nitrogens is 2. The minimum Gasteiger partial charge on any atom is -0.328 e. The van der Waals surface area contributed by atoms with Gasteiger partial charge in [-0.2, -0.15) is 11.3 Å². The predicted octanol–water partition coefficient (Wildman–Crippen LogP) is 2.58. The van der Waals surface area contributed by atoms with Gasteiger partial charge in [0.1, 0.15) is 0 Å². The molecule has 1 aliphatic heterocycles. The van der Waals surface area contributed by atoms with Crippen molar-refractivity contribution in [2.75, 3.05) is 20.6 Å². The molecule has 0 saturated carbocycles. The molecule has 0 radical (unpaired) electrons. The summed E-state index contributed by atoms with van der Waals surface area (Å²) in [6, 6.07) is 3.81. The SMILES string of the molecule is CN(C)Cc1ccnc([C@@H]2CCCN2C(=O)c2ccsc2)n1. The topological polar surface area (TPSA) is 49.3 Å². The average Bonchev–Trinajstić information content (AvgIpc) is 3.18. The van der Waals surface area contributed by atoms with Gasteiger partial charge in [-0.15, -0.1) is 0 Å². The van der Waals surface area contributed by atoms with Gasteiger partial charge >= 0.3 is 0 Å². The number of thiophene rings is 1. The van der Waals surface area contributed by atoms with Crippen molar-refractivity contribution in [3.05, 3.63) is 46.2 Å². The summed E-state index contributed by atoms with van der Waals surface area (Å²) >= 11 is 1.55. The molecule has 1 aliphatic rings. The fourth-order valence-electron chi connectivity index (χ4n) is 2.82. The van der Waals surface area contributed by atoms with Crippen molar-refractivity contribution in [3.8, 4) is 0 Å². The molecule has 22 heavy (non-hydrogen) atoms. The van der Waals surface area contributed by atoms with Gasteiger partial charge in [-0.1, -0.05) is 0 Å². The van der Waals surface area contributed by atoms with E-state index in [1.807, 2.05) is 41.9 Å². The predicted molar refractivity (Wildman–Crippen MR) is 86.8 cm³/mol. The molecule has 3 heterocycles. The van der Waals surface area contributed by atoms with Crippen LogP contribution in [-0.2, 0) is 6.54 Å². The lowest BCUT2D eigenvalue weighted by Gasteiger charge is -2.23. The second-order valence-corrected chi connectivity index (χ2v) is 6.59. The Morgan fingerprint density at radius 3 is 3.05 bits per heavy atom. The Morgan fingerprint density at radius 2 is 2.32 bits per heavy atom. The van der Waals surface area contributed by atoms with Crippen LogP contribution in [0.15, 0.2) is 29.1 Å². The third-order valence-corrected chi connectivity index (χ3v) is 4.47. The average molecular weight is 316 g/mol. The van der Waals surface area contributed by atoms with E-state index in [1.165, 1.54) is 0 Å². The number of carbonyl (C=O) groups is 1. The summed E-state index contributed by atoms with van der Waals surface area (Å²) in [5.41, 5.74) is 1.76. The summed E-state index contributed by atoms with van der Waals surface area (Å²) in [7, 11) is 4.04. The normalized spacial score (nSPS) is 18.1. The van der Waals surface area contributed by atoms with Crippen molar-refractivity contribution in [1.82, 2.24) is 19.8 Å². The molecule has 116 valence electrons. The van der Waals surface area contributed by atoms with Crippen LogP contribution in [0.2, 0.25) is 0 Å². The Morgan fingerprint density at radius 1 is 1.45 bits per heavy atom. The molecule has 1 atom stereocenters.